The van der Waals surface area contributed by atoms with Crippen LogP contribution in [0.2, 0.25) is 5.02 Å². The number of non-ortho nitro benzene ring substituents is 1. The molecular formula is C29H17ClF3N5O6. The largest absolute Gasteiger partial charge is 0.481 e. The van der Waals surface area contributed by atoms with E-state index in [1.807, 2.05) is 0 Å². The van der Waals surface area contributed by atoms with Gasteiger partial charge in [0.2, 0.25) is 5.75 Å². The summed E-state index contributed by atoms with van der Waals surface area (Å²) in [7, 11) is 0. The molecule has 11 nitrogen and oxygen atoms in total. The Morgan fingerprint density at radius 2 is 1.68 bits per heavy atom. The third-order valence-electron chi connectivity index (χ3n) is 6.30. The Labute approximate surface area is 249 Å². The van der Waals surface area contributed by atoms with Crippen LogP contribution in [0.3, 0.4) is 0 Å². The number of nitro benzene ring substituents is 2. The lowest BCUT2D eigenvalue weighted by molar-refractivity contribution is -0.386. The molecule has 0 atom stereocenters. The van der Waals surface area contributed by atoms with Crippen LogP contribution in [0.25, 0.3) is 22.3 Å². The van der Waals surface area contributed by atoms with Crippen LogP contribution in [0, 0.1) is 20.2 Å². The first kappa shape index (κ1) is 29.8. The zero-order valence-corrected chi connectivity index (χ0v) is 22.8. The van der Waals surface area contributed by atoms with Crippen molar-refractivity contribution < 1.29 is 27.8 Å². The highest BCUT2D eigenvalue weighted by Crippen LogP contribution is 2.35. The number of hydrogen-bond donors (Lipinski definition) is 0. The minimum absolute atomic E-state index is 0.0406. The predicted octanol–water partition coefficient (Wildman–Crippen LogP) is 7.01. The molecule has 0 aliphatic rings. The number of aromatic nitrogens is 2. The number of halogens is 4. The Kier molecular flexibility index (Phi) is 8.09. The third kappa shape index (κ3) is 6.24. The SMILES string of the molecule is O=c1c2ccccc2nc(-c2cccc(C(F)(F)F)c2)n1N=Cc1cc(Cl)cc([N+](=O)[O-])c1OCc1ccc([N+](=O)[O-])cc1. The third-order valence-corrected chi connectivity index (χ3v) is 6.52. The molecule has 0 unspecified atom stereocenters. The van der Waals surface area contributed by atoms with Gasteiger partial charge in [-0.25, -0.2) is 4.98 Å². The van der Waals surface area contributed by atoms with E-state index in [1.54, 1.807) is 12.1 Å². The molecule has 1 aromatic heterocycles. The minimum atomic E-state index is -4.67. The van der Waals surface area contributed by atoms with E-state index >= 15 is 0 Å². The van der Waals surface area contributed by atoms with Crippen molar-refractivity contribution >= 4 is 40.1 Å². The van der Waals surface area contributed by atoms with Gasteiger partial charge in [-0.1, -0.05) is 35.9 Å². The van der Waals surface area contributed by atoms with E-state index < -0.39 is 32.8 Å². The summed E-state index contributed by atoms with van der Waals surface area (Å²) in [5.74, 6) is -0.509. The van der Waals surface area contributed by atoms with Gasteiger partial charge in [0.05, 0.1) is 32.5 Å². The summed E-state index contributed by atoms with van der Waals surface area (Å²) in [5.41, 5.74) is -1.84. The average molecular weight is 624 g/mol. The molecule has 0 radical (unpaired) electrons. The number of para-hydroxylation sites is 1. The second-order valence-corrected chi connectivity index (χ2v) is 9.64. The molecule has 0 saturated heterocycles. The topological polar surface area (TPSA) is 143 Å². The van der Waals surface area contributed by atoms with Crippen LogP contribution in [0.1, 0.15) is 16.7 Å². The first-order chi connectivity index (χ1) is 20.9. The van der Waals surface area contributed by atoms with Crippen molar-refractivity contribution in [3.8, 4) is 17.1 Å². The van der Waals surface area contributed by atoms with Gasteiger partial charge in [-0.15, -0.1) is 0 Å². The van der Waals surface area contributed by atoms with Crippen molar-refractivity contribution in [3.05, 3.63) is 137 Å². The fourth-order valence-electron chi connectivity index (χ4n) is 4.23. The molecule has 5 rings (SSSR count). The lowest BCUT2D eigenvalue weighted by atomic mass is 10.1. The van der Waals surface area contributed by atoms with E-state index in [-0.39, 0.29) is 50.9 Å². The highest BCUT2D eigenvalue weighted by atomic mass is 35.5. The number of nitro groups is 2. The number of ether oxygens (including phenoxy) is 1. The first-order valence-electron chi connectivity index (χ1n) is 12.5. The quantitative estimate of drug-likeness (QED) is 0.103. The second kappa shape index (κ2) is 11.9. The second-order valence-electron chi connectivity index (χ2n) is 9.21. The number of alkyl halides is 3. The molecule has 44 heavy (non-hydrogen) atoms. The average Bonchev–Trinajstić information content (AvgIpc) is 2.99. The van der Waals surface area contributed by atoms with Crippen LogP contribution in [0.4, 0.5) is 24.5 Å². The maximum atomic E-state index is 13.5. The van der Waals surface area contributed by atoms with Gasteiger partial charge in [0, 0.05) is 34.3 Å². The monoisotopic (exact) mass is 623 g/mol. The van der Waals surface area contributed by atoms with Crippen LogP contribution in [-0.2, 0) is 12.8 Å². The molecule has 1 heterocycles. The van der Waals surface area contributed by atoms with E-state index in [4.69, 9.17) is 16.3 Å². The highest BCUT2D eigenvalue weighted by molar-refractivity contribution is 6.31. The zero-order chi connectivity index (χ0) is 31.6. The summed E-state index contributed by atoms with van der Waals surface area (Å²) >= 11 is 6.14. The molecule has 5 aromatic rings. The number of benzene rings is 4. The first-order valence-corrected chi connectivity index (χ1v) is 12.9. The Morgan fingerprint density at radius 3 is 2.36 bits per heavy atom. The van der Waals surface area contributed by atoms with E-state index in [1.165, 1.54) is 48.5 Å². The van der Waals surface area contributed by atoms with Crippen molar-refractivity contribution in [2.75, 3.05) is 0 Å². The number of hydrogen-bond acceptors (Lipinski definition) is 8. The van der Waals surface area contributed by atoms with Crippen LogP contribution < -0.4 is 10.3 Å². The zero-order valence-electron chi connectivity index (χ0n) is 22.1. The molecule has 0 amide bonds. The maximum Gasteiger partial charge on any atom is 0.416 e. The molecule has 15 heteroatoms. The Bertz CT molecular complexity index is 2010. The van der Waals surface area contributed by atoms with Gasteiger partial charge in [-0.3, -0.25) is 25.0 Å². The number of rotatable bonds is 8. The van der Waals surface area contributed by atoms with Crippen LogP contribution >= 0.6 is 11.6 Å². The molecule has 0 saturated carbocycles. The normalized spacial score (nSPS) is 11.6. The molecule has 0 bridgehead atoms. The molecule has 0 fully saturated rings. The van der Waals surface area contributed by atoms with Gasteiger partial charge in [0.15, 0.2) is 5.82 Å². The fraction of sp³-hybridized carbons (Fsp3) is 0.0690. The van der Waals surface area contributed by atoms with Gasteiger partial charge in [-0.05, 0) is 48.0 Å². The smallest absolute Gasteiger partial charge is 0.416 e. The molecule has 4 aromatic carbocycles. The lowest BCUT2D eigenvalue weighted by Crippen LogP contribution is -2.20. The van der Waals surface area contributed by atoms with Gasteiger partial charge >= 0.3 is 11.9 Å². The van der Waals surface area contributed by atoms with Crippen molar-refractivity contribution in [1.82, 2.24) is 9.66 Å². The van der Waals surface area contributed by atoms with E-state index in [0.29, 0.717) is 5.56 Å². The highest BCUT2D eigenvalue weighted by Gasteiger charge is 2.31. The van der Waals surface area contributed by atoms with Gasteiger partial charge in [0.1, 0.15) is 6.61 Å². The minimum Gasteiger partial charge on any atom is -0.481 e. The Hall–Kier alpha value is -5.63. The molecule has 222 valence electrons. The number of nitrogens with zero attached hydrogens (tertiary/aromatic N) is 5. The summed E-state index contributed by atoms with van der Waals surface area (Å²) < 4.78 is 47.0. The van der Waals surface area contributed by atoms with Crippen molar-refractivity contribution in [2.24, 2.45) is 5.10 Å². The Balaban J connectivity index is 1.63. The molecule has 0 aliphatic carbocycles. The van der Waals surface area contributed by atoms with Crippen LogP contribution in [0.15, 0.2) is 94.8 Å². The summed E-state index contributed by atoms with van der Waals surface area (Å²) in [6.07, 6.45) is -3.63. The Morgan fingerprint density at radius 1 is 0.955 bits per heavy atom. The van der Waals surface area contributed by atoms with Crippen molar-refractivity contribution in [3.63, 3.8) is 0 Å². The fourth-order valence-corrected chi connectivity index (χ4v) is 4.45. The lowest BCUT2D eigenvalue weighted by Gasteiger charge is -2.13. The van der Waals surface area contributed by atoms with Gasteiger partial charge in [0.25, 0.3) is 11.2 Å². The van der Waals surface area contributed by atoms with Gasteiger partial charge < -0.3 is 4.74 Å². The summed E-state index contributed by atoms with van der Waals surface area (Å²) in [6, 6.07) is 18.0. The summed E-state index contributed by atoms with van der Waals surface area (Å²) in [4.78, 5) is 39.4. The van der Waals surface area contributed by atoms with E-state index in [2.05, 4.69) is 10.1 Å². The summed E-state index contributed by atoms with van der Waals surface area (Å²) in [6.45, 7) is -0.242. The van der Waals surface area contributed by atoms with Crippen LogP contribution in [0.5, 0.6) is 5.75 Å². The van der Waals surface area contributed by atoms with E-state index in [0.717, 1.165) is 35.2 Å². The summed E-state index contributed by atoms with van der Waals surface area (Å²) in [5, 5.41) is 27.0. The molecular weight excluding hydrogens is 607 g/mol. The van der Waals surface area contributed by atoms with Gasteiger partial charge in [-0.2, -0.15) is 22.9 Å². The molecule has 0 spiro atoms. The molecule has 0 N–H and O–H groups in total. The maximum absolute atomic E-state index is 13.5. The standard InChI is InChI=1S/C29H17ClF3N5O6/c30-21-13-19(26(25(14-21)38(42)43)44-16-17-8-10-22(11-9-17)37(40)41)15-34-36-27(18-4-3-5-20(12-18)29(31,32)33)35-24-7-2-1-6-23(24)28(36)39/h1-15H,16H2. The van der Waals surface area contributed by atoms with E-state index in [9.17, 15) is 38.2 Å². The predicted molar refractivity (Wildman–Crippen MR) is 155 cm³/mol. The number of fused-ring (bicyclic) bond motifs is 1. The van der Waals surface area contributed by atoms with Crippen molar-refractivity contribution in [1.29, 1.82) is 0 Å². The van der Waals surface area contributed by atoms with Crippen LogP contribution in [-0.4, -0.2) is 25.7 Å². The van der Waals surface area contributed by atoms with Crippen molar-refractivity contribution in [2.45, 2.75) is 12.8 Å². The molecule has 0 aliphatic heterocycles.